The first-order valence-electron chi connectivity index (χ1n) is 7.73. The molecule has 5 nitrogen and oxygen atoms in total. The van der Waals surface area contributed by atoms with Gasteiger partial charge in [-0.1, -0.05) is 0 Å². The molecular weight excluding hydrogens is 402 g/mol. The summed E-state index contributed by atoms with van der Waals surface area (Å²) in [5.74, 6) is -1.71. The summed E-state index contributed by atoms with van der Waals surface area (Å²) >= 11 is 0. The molecular formula is C15H16F6N2O3S. The van der Waals surface area contributed by atoms with Crippen LogP contribution in [0.1, 0.15) is 24.0 Å². The van der Waals surface area contributed by atoms with Gasteiger partial charge in [0.1, 0.15) is 0 Å². The van der Waals surface area contributed by atoms with Crippen LogP contribution in [0.3, 0.4) is 0 Å². The van der Waals surface area contributed by atoms with Crippen LogP contribution in [0.4, 0.5) is 32.0 Å². The molecule has 1 unspecified atom stereocenters. The van der Waals surface area contributed by atoms with Gasteiger partial charge in [0.25, 0.3) is 0 Å². The molecule has 1 atom stereocenters. The molecule has 0 spiro atoms. The average Bonchev–Trinajstić information content (AvgIpc) is 2.52. The van der Waals surface area contributed by atoms with E-state index >= 15 is 0 Å². The summed E-state index contributed by atoms with van der Waals surface area (Å²) in [6.45, 7) is 0.0140. The molecule has 1 aliphatic rings. The zero-order valence-corrected chi connectivity index (χ0v) is 14.8. The van der Waals surface area contributed by atoms with Crippen molar-refractivity contribution < 1.29 is 39.6 Å². The van der Waals surface area contributed by atoms with Crippen molar-refractivity contribution >= 4 is 21.6 Å². The van der Waals surface area contributed by atoms with Crippen molar-refractivity contribution in [3.05, 3.63) is 29.3 Å². The zero-order valence-electron chi connectivity index (χ0n) is 14.0. The van der Waals surface area contributed by atoms with Gasteiger partial charge in [0, 0.05) is 18.8 Å². The van der Waals surface area contributed by atoms with Crippen LogP contribution >= 0.6 is 0 Å². The molecule has 1 heterocycles. The van der Waals surface area contributed by atoms with Gasteiger partial charge in [0.05, 0.1) is 23.3 Å². The van der Waals surface area contributed by atoms with E-state index in [0.29, 0.717) is 18.6 Å². The SMILES string of the molecule is CS(=O)(=O)N1CCCC(C(=O)Nc2cc(C(F)(F)F)cc(C(F)(F)F)c2)C1. The maximum atomic E-state index is 12.9. The van der Waals surface area contributed by atoms with Gasteiger partial charge in [-0.15, -0.1) is 0 Å². The first-order valence-corrected chi connectivity index (χ1v) is 9.58. The minimum atomic E-state index is -5.03. The number of anilines is 1. The van der Waals surface area contributed by atoms with E-state index in [1.807, 2.05) is 5.32 Å². The Balaban J connectivity index is 2.26. The Bertz CT molecular complexity index is 788. The van der Waals surface area contributed by atoms with Gasteiger partial charge in [-0.2, -0.15) is 26.3 Å². The molecule has 2 rings (SSSR count). The van der Waals surface area contributed by atoms with Gasteiger partial charge in [-0.05, 0) is 31.0 Å². The zero-order chi connectivity index (χ0) is 20.6. The van der Waals surface area contributed by atoms with Gasteiger partial charge < -0.3 is 5.32 Å². The number of benzene rings is 1. The van der Waals surface area contributed by atoms with Crippen LogP contribution < -0.4 is 5.32 Å². The number of hydrogen-bond donors (Lipinski definition) is 1. The number of sulfonamides is 1. The molecule has 12 heteroatoms. The molecule has 1 aromatic carbocycles. The molecule has 1 amide bonds. The second-order valence-electron chi connectivity index (χ2n) is 6.24. The summed E-state index contributed by atoms with van der Waals surface area (Å²) in [6, 6.07) is 0.774. The highest BCUT2D eigenvalue weighted by Crippen LogP contribution is 2.37. The van der Waals surface area contributed by atoms with Gasteiger partial charge in [-0.25, -0.2) is 12.7 Å². The lowest BCUT2D eigenvalue weighted by molar-refractivity contribution is -0.143. The molecule has 1 aliphatic heterocycles. The van der Waals surface area contributed by atoms with Crippen molar-refractivity contribution in [2.45, 2.75) is 25.2 Å². The normalized spacial score (nSPS) is 19.7. The highest BCUT2D eigenvalue weighted by Gasteiger charge is 2.37. The highest BCUT2D eigenvalue weighted by atomic mass is 32.2. The lowest BCUT2D eigenvalue weighted by Crippen LogP contribution is -2.43. The lowest BCUT2D eigenvalue weighted by Gasteiger charge is -2.30. The molecule has 1 aromatic rings. The fraction of sp³-hybridized carbons (Fsp3) is 0.533. The summed E-state index contributed by atoms with van der Waals surface area (Å²) in [6.07, 6.45) is -8.49. The summed E-state index contributed by atoms with van der Waals surface area (Å²) < 4.78 is 101. The number of hydrogen-bond acceptors (Lipinski definition) is 3. The number of nitrogens with zero attached hydrogens (tertiary/aromatic N) is 1. The third-order valence-corrected chi connectivity index (χ3v) is 5.35. The van der Waals surface area contributed by atoms with Crippen molar-refractivity contribution in [2.75, 3.05) is 24.7 Å². The Morgan fingerprint density at radius 3 is 2.04 bits per heavy atom. The third kappa shape index (κ3) is 5.58. The molecule has 0 radical (unpaired) electrons. The quantitative estimate of drug-likeness (QED) is 0.766. The van der Waals surface area contributed by atoms with Gasteiger partial charge >= 0.3 is 12.4 Å². The number of rotatable bonds is 3. The van der Waals surface area contributed by atoms with Crippen LogP contribution in [0.5, 0.6) is 0 Å². The summed E-state index contributed by atoms with van der Waals surface area (Å²) in [4.78, 5) is 12.3. The number of alkyl halides is 6. The second kappa shape index (κ2) is 7.30. The van der Waals surface area contributed by atoms with E-state index in [1.54, 1.807) is 0 Å². The highest BCUT2D eigenvalue weighted by molar-refractivity contribution is 7.88. The number of carbonyl (C=O) groups is 1. The Kier molecular flexibility index (Phi) is 5.81. The molecule has 0 saturated carbocycles. The predicted octanol–water partition coefficient (Wildman–Crippen LogP) is 3.33. The lowest BCUT2D eigenvalue weighted by atomic mass is 9.98. The van der Waals surface area contributed by atoms with E-state index in [0.717, 1.165) is 10.6 Å². The van der Waals surface area contributed by atoms with E-state index in [9.17, 15) is 39.6 Å². The topological polar surface area (TPSA) is 66.5 Å². The average molecular weight is 418 g/mol. The Morgan fingerprint density at radius 1 is 1.07 bits per heavy atom. The monoisotopic (exact) mass is 418 g/mol. The first kappa shape index (κ1) is 21.5. The second-order valence-corrected chi connectivity index (χ2v) is 8.23. The van der Waals surface area contributed by atoms with E-state index in [1.165, 1.54) is 0 Å². The van der Waals surface area contributed by atoms with E-state index in [-0.39, 0.29) is 25.6 Å². The van der Waals surface area contributed by atoms with E-state index in [2.05, 4.69) is 0 Å². The molecule has 1 fully saturated rings. The maximum absolute atomic E-state index is 12.9. The van der Waals surface area contributed by atoms with E-state index < -0.39 is 51.0 Å². The number of amides is 1. The maximum Gasteiger partial charge on any atom is 0.416 e. The summed E-state index contributed by atoms with van der Waals surface area (Å²) in [5, 5.41) is 2.05. The summed E-state index contributed by atoms with van der Waals surface area (Å²) in [5.41, 5.74) is -3.75. The van der Waals surface area contributed by atoms with Crippen molar-refractivity contribution in [3.8, 4) is 0 Å². The number of nitrogens with one attached hydrogen (secondary N) is 1. The van der Waals surface area contributed by atoms with Crippen LogP contribution in [0.15, 0.2) is 18.2 Å². The van der Waals surface area contributed by atoms with E-state index in [4.69, 9.17) is 0 Å². The predicted molar refractivity (Wildman–Crippen MR) is 84.2 cm³/mol. The Morgan fingerprint density at radius 2 is 1.59 bits per heavy atom. The molecule has 1 saturated heterocycles. The number of piperidine rings is 1. The minimum Gasteiger partial charge on any atom is -0.326 e. The molecule has 27 heavy (non-hydrogen) atoms. The standard InChI is InChI=1S/C15H16F6N2O3S/c1-27(25,26)23-4-2-3-9(8-23)13(24)22-12-6-10(14(16,17)18)5-11(7-12)15(19,20)21/h5-7,9H,2-4,8H2,1H3,(H,22,24). The van der Waals surface area contributed by atoms with Gasteiger partial charge in [-0.3, -0.25) is 4.79 Å². The first-order chi connectivity index (χ1) is 12.2. The molecule has 0 aliphatic carbocycles. The largest absolute Gasteiger partial charge is 0.416 e. The molecule has 0 bridgehead atoms. The third-order valence-electron chi connectivity index (χ3n) is 4.08. The minimum absolute atomic E-state index is 0.0400. The van der Waals surface area contributed by atoms with Gasteiger partial charge in [0.2, 0.25) is 15.9 Å². The number of carbonyl (C=O) groups excluding carboxylic acids is 1. The van der Waals surface area contributed by atoms with Crippen molar-refractivity contribution in [2.24, 2.45) is 5.92 Å². The van der Waals surface area contributed by atoms with Gasteiger partial charge in [0.15, 0.2) is 0 Å². The molecule has 152 valence electrons. The summed E-state index contributed by atoms with van der Waals surface area (Å²) in [7, 11) is -3.56. The van der Waals surface area contributed by atoms with Crippen molar-refractivity contribution in [1.82, 2.24) is 4.31 Å². The van der Waals surface area contributed by atoms with Crippen LogP contribution in [-0.4, -0.2) is 38.0 Å². The fourth-order valence-corrected chi connectivity index (χ4v) is 3.64. The molecule has 1 N–H and O–H groups in total. The van der Waals surface area contributed by atoms with Crippen LogP contribution in [-0.2, 0) is 27.2 Å². The van der Waals surface area contributed by atoms with Crippen LogP contribution in [0.2, 0.25) is 0 Å². The smallest absolute Gasteiger partial charge is 0.326 e. The van der Waals surface area contributed by atoms with Crippen LogP contribution in [0, 0.1) is 5.92 Å². The Hall–Kier alpha value is -1.82. The van der Waals surface area contributed by atoms with Crippen LogP contribution in [0.25, 0.3) is 0 Å². The number of halogens is 6. The van der Waals surface area contributed by atoms with Crippen molar-refractivity contribution in [3.63, 3.8) is 0 Å². The fourth-order valence-electron chi connectivity index (χ4n) is 2.73. The van der Waals surface area contributed by atoms with Crippen molar-refractivity contribution in [1.29, 1.82) is 0 Å². The molecule has 0 aromatic heterocycles. The Labute approximate surface area is 151 Å².